The van der Waals surface area contributed by atoms with Gasteiger partial charge in [0, 0.05) is 5.39 Å². The second-order valence-electron chi connectivity index (χ2n) is 5.20. The molecule has 0 saturated carbocycles. The molecule has 3 aromatic rings. The van der Waals surface area contributed by atoms with E-state index in [1.54, 1.807) is 6.20 Å². The molecule has 3 rings (SSSR count). The van der Waals surface area contributed by atoms with Gasteiger partial charge in [-0.25, -0.2) is 0 Å². The van der Waals surface area contributed by atoms with Gasteiger partial charge >= 0.3 is 0 Å². The van der Waals surface area contributed by atoms with Crippen LogP contribution in [-0.2, 0) is 0 Å². The lowest BCUT2D eigenvalue weighted by Crippen LogP contribution is -2.20. The Bertz CT molecular complexity index is 801. The molecule has 0 spiro atoms. The number of benzene rings is 2. The number of rotatable bonds is 2. The lowest BCUT2D eigenvalue weighted by Gasteiger charge is -2.08. The Labute approximate surface area is 117 Å². The minimum atomic E-state index is -0.0830. The first kappa shape index (κ1) is 12.6. The lowest BCUT2D eigenvalue weighted by molar-refractivity contribution is 0.815. The van der Waals surface area contributed by atoms with Gasteiger partial charge in [-0.05, 0) is 29.7 Å². The molecular weight excluding hydrogens is 248 g/mol. The van der Waals surface area contributed by atoms with Crippen molar-refractivity contribution >= 4 is 10.8 Å². The molecule has 20 heavy (non-hydrogen) atoms. The minimum absolute atomic E-state index is 0.0830. The van der Waals surface area contributed by atoms with E-state index in [9.17, 15) is 4.79 Å². The van der Waals surface area contributed by atoms with Crippen LogP contribution in [0.2, 0.25) is 0 Å². The largest absolute Gasteiger partial charge is 0.279 e. The van der Waals surface area contributed by atoms with E-state index in [-0.39, 0.29) is 5.56 Å². The summed E-state index contributed by atoms with van der Waals surface area (Å²) in [5.74, 6) is 0.477. The van der Waals surface area contributed by atoms with Crippen LogP contribution < -0.4 is 5.56 Å². The monoisotopic (exact) mass is 264 g/mol. The van der Waals surface area contributed by atoms with E-state index in [2.05, 4.69) is 18.9 Å². The molecule has 0 atom stereocenters. The average Bonchev–Trinajstić information content (AvgIpc) is 2.48. The first-order valence-electron chi connectivity index (χ1n) is 6.74. The third-order valence-corrected chi connectivity index (χ3v) is 3.50. The highest BCUT2D eigenvalue weighted by Crippen LogP contribution is 2.16. The van der Waals surface area contributed by atoms with E-state index in [0.717, 1.165) is 11.1 Å². The predicted octanol–water partition coefficient (Wildman–Crippen LogP) is 3.51. The number of hydrogen-bond acceptors (Lipinski definition) is 2. The molecule has 3 nitrogen and oxygen atoms in total. The maximum atomic E-state index is 12.4. The maximum absolute atomic E-state index is 12.4. The van der Waals surface area contributed by atoms with Crippen LogP contribution in [0.5, 0.6) is 0 Å². The molecule has 0 saturated heterocycles. The van der Waals surface area contributed by atoms with Gasteiger partial charge in [-0.2, -0.15) is 9.78 Å². The number of nitrogens with zero attached hydrogens (tertiary/aromatic N) is 2. The fourth-order valence-corrected chi connectivity index (χ4v) is 2.28. The highest BCUT2D eigenvalue weighted by Gasteiger charge is 2.06. The van der Waals surface area contributed by atoms with Crippen LogP contribution in [0.15, 0.2) is 59.5 Å². The second kappa shape index (κ2) is 4.93. The van der Waals surface area contributed by atoms with Crippen molar-refractivity contribution < 1.29 is 0 Å². The molecule has 3 heteroatoms. The normalized spacial score (nSPS) is 11.2. The molecular formula is C17H16N2O. The summed E-state index contributed by atoms with van der Waals surface area (Å²) in [6.07, 6.45) is 1.73. The summed E-state index contributed by atoms with van der Waals surface area (Å²) in [6, 6.07) is 15.5. The van der Waals surface area contributed by atoms with Crippen LogP contribution in [0.25, 0.3) is 16.5 Å². The van der Waals surface area contributed by atoms with Crippen molar-refractivity contribution in [3.63, 3.8) is 0 Å². The van der Waals surface area contributed by atoms with E-state index < -0.39 is 0 Å². The highest BCUT2D eigenvalue weighted by molar-refractivity contribution is 5.80. The lowest BCUT2D eigenvalue weighted by atomic mass is 10.0. The van der Waals surface area contributed by atoms with Crippen LogP contribution in [0.4, 0.5) is 0 Å². The zero-order chi connectivity index (χ0) is 14.1. The quantitative estimate of drug-likeness (QED) is 0.710. The van der Waals surface area contributed by atoms with E-state index in [1.807, 2.05) is 48.5 Å². The predicted molar refractivity (Wildman–Crippen MR) is 81.4 cm³/mol. The zero-order valence-corrected chi connectivity index (χ0v) is 11.6. The summed E-state index contributed by atoms with van der Waals surface area (Å²) in [7, 11) is 0. The average molecular weight is 264 g/mol. The molecule has 0 radical (unpaired) electrons. The van der Waals surface area contributed by atoms with Crippen LogP contribution >= 0.6 is 0 Å². The third-order valence-electron chi connectivity index (χ3n) is 3.50. The van der Waals surface area contributed by atoms with Gasteiger partial charge in [-0.1, -0.05) is 44.2 Å². The van der Waals surface area contributed by atoms with Crippen molar-refractivity contribution in [1.82, 2.24) is 9.78 Å². The van der Waals surface area contributed by atoms with E-state index in [1.165, 1.54) is 10.2 Å². The van der Waals surface area contributed by atoms with Gasteiger partial charge in [-0.3, -0.25) is 4.79 Å². The van der Waals surface area contributed by atoms with Crippen molar-refractivity contribution in [2.45, 2.75) is 19.8 Å². The third kappa shape index (κ3) is 2.11. The second-order valence-corrected chi connectivity index (χ2v) is 5.20. The summed E-state index contributed by atoms with van der Waals surface area (Å²) in [6.45, 7) is 4.30. The molecule has 0 aliphatic heterocycles. The molecule has 2 aromatic carbocycles. The molecule has 0 bridgehead atoms. The Morgan fingerprint density at radius 2 is 1.70 bits per heavy atom. The maximum Gasteiger partial charge on any atom is 0.279 e. The first-order valence-corrected chi connectivity index (χ1v) is 6.74. The molecule has 100 valence electrons. The Balaban J connectivity index is 2.15. The zero-order valence-electron chi connectivity index (χ0n) is 11.6. The van der Waals surface area contributed by atoms with Gasteiger partial charge in [0.1, 0.15) is 0 Å². The Morgan fingerprint density at radius 1 is 1.00 bits per heavy atom. The SMILES string of the molecule is CC(C)c1ccc(-n2ncc3ccccc3c2=O)cc1. The van der Waals surface area contributed by atoms with Crippen molar-refractivity contribution in [3.8, 4) is 5.69 Å². The van der Waals surface area contributed by atoms with Crippen molar-refractivity contribution in [2.75, 3.05) is 0 Å². The van der Waals surface area contributed by atoms with Crippen LogP contribution in [0.3, 0.4) is 0 Å². The van der Waals surface area contributed by atoms with Crippen molar-refractivity contribution in [1.29, 1.82) is 0 Å². The van der Waals surface area contributed by atoms with E-state index >= 15 is 0 Å². The summed E-state index contributed by atoms with van der Waals surface area (Å²) >= 11 is 0. The fourth-order valence-electron chi connectivity index (χ4n) is 2.28. The van der Waals surface area contributed by atoms with Gasteiger partial charge < -0.3 is 0 Å². The van der Waals surface area contributed by atoms with Gasteiger partial charge in [0.2, 0.25) is 0 Å². The number of fused-ring (bicyclic) bond motifs is 1. The smallest absolute Gasteiger partial charge is 0.267 e. The summed E-state index contributed by atoms with van der Waals surface area (Å²) in [5, 5.41) is 5.81. The molecule has 0 aliphatic carbocycles. The van der Waals surface area contributed by atoms with E-state index in [4.69, 9.17) is 0 Å². The Hall–Kier alpha value is -2.42. The summed E-state index contributed by atoms with van der Waals surface area (Å²) < 4.78 is 1.45. The molecule has 0 unspecified atom stereocenters. The number of hydrogen-bond donors (Lipinski definition) is 0. The molecule has 0 aliphatic rings. The van der Waals surface area contributed by atoms with Gasteiger partial charge in [0.15, 0.2) is 0 Å². The minimum Gasteiger partial charge on any atom is -0.267 e. The topological polar surface area (TPSA) is 34.9 Å². The van der Waals surface area contributed by atoms with Crippen LogP contribution in [0, 0.1) is 0 Å². The van der Waals surface area contributed by atoms with Crippen LogP contribution in [0.1, 0.15) is 25.3 Å². The van der Waals surface area contributed by atoms with E-state index in [0.29, 0.717) is 11.3 Å². The Kier molecular flexibility index (Phi) is 3.11. The fraction of sp³-hybridized carbons (Fsp3) is 0.176. The molecule has 0 N–H and O–H groups in total. The molecule has 0 fully saturated rings. The first-order chi connectivity index (χ1) is 9.66. The standard InChI is InChI=1S/C17H16N2O/c1-12(2)13-7-9-15(10-8-13)19-17(20)16-6-4-3-5-14(16)11-18-19/h3-12H,1-2H3. The van der Waals surface area contributed by atoms with Gasteiger partial charge in [0.05, 0.1) is 17.3 Å². The van der Waals surface area contributed by atoms with Crippen LogP contribution in [-0.4, -0.2) is 9.78 Å². The summed E-state index contributed by atoms with van der Waals surface area (Å²) in [4.78, 5) is 12.4. The number of aromatic nitrogens is 2. The Morgan fingerprint density at radius 3 is 2.40 bits per heavy atom. The van der Waals surface area contributed by atoms with Crippen molar-refractivity contribution in [2.24, 2.45) is 0 Å². The highest BCUT2D eigenvalue weighted by atomic mass is 16.1. The molecule has 1 aromatic heterocycles. The summed E-state index contributed by atoms with van der Waals surface area (Å²) in [5.41, 5.74) is 1.97. The molecule has 0 amide bonds. The van der Waals surface area contributed by atoms with Gasteiger partial charge in [-0.15, -0.1) is 0 Å². The van der Waals surface area contributed by atoms with Gasteiger partial charge in [0.25, 0.3) is 5.56 Å². The van der Waals surface area contributed by atoms with Crippen molar-refractivity contribution in [3.05, 3.63) is 70.6 Å². The molecule has 1 heterocycles.